The molecule has 0 fully saturated rings. The summed E-state index contributed by atoms with van der Waals surface area (Å²) in [4.78, 5) is 33.6. The highest BCUT2D eigenvalue weighted by Gasteiger charge is 2.48. The maximum absolute atomic E-state index is 13.9. The molecule has 4 rings (SSSR count). The molecule has 1 aliphatic rings. The van der Waals surface area contributed by atoms with Crippen LogP contribution in [-0.4, -0.2) is 53.9 Å². The van der Waals surface area contributed by atoms with E-state index in [-0.39, 0.29) is 29.8 Å². The van der Waals surface area contributed by atoms with E-state index in [2.05, 4.69) is 6.92 Å². The number of para-hydroxylation sites is 2. The van der Waals surface area contributed by atoms with Gasteiger partial charge in [-0.2, -0.15) is 0 Å². The van der Waals surface area contributed by atoms with Gasteiger partial charge in [0.05, 0.1) is 37.9 Å². The van der Waals surface area contributed by atoms with E-state index >= 15 is 0 Å². The molecule has 2 heterocycles. The van der Waals surface area contributed by atoms with Crippen molar-refractivity contribution < 1.29 is 28.9 Å². The summed E-state index contributed by atoms with van der Waals surface area (Å²) in [6.45, 7) is 4.39. The molecule has 9 nitrogen and oxygen atoms in total. The van der Waals surface area contributed by atoms with Gasteiger partial charge in [0.2, 0.25) is 17.6 Å². The summed E-state index contributed by atoms with van der Waals surface area (Å²) >= 11 is 0. The van der Waals surface area contributed by atoms with Crippen LogP contribution < -0.4 is 14.4 Å². The van der Waals surface area contributed by atoms with Crippen LogP contribution in [0.3, 0.4) is 0 Å². The zero-order chi connectivity index (χ0) is 25.1. The topological polar surface area (TPSA) is 103 Å². The molecule has 0 aliphatic carbocycles. The van der Waals surface area contributed by atoms with Gasteiger partial charge >= 0.3 is 5.97 Å². The number of rotatable bonds is 9. The Balaban J connectivity index is 1.99. The summed E-state index contributed by atoms with van der Waals surface area (Å²) in [5, 5.41) is 10.5. The molecular formula is C26H31N3O6. The molecule has 3 aromatic rings. The summed E-state index contributed by atoms with van der Waals surface area (Å²) < 4.78 is 18.0. The Labute approximate surface area is 204 Å². The van der Waals surface area contributed by atoms with Gasteiger partial charge in [0.25, 0.3) is 0 Å². The Morgan fingerprint density at radius 2 is 1.77 bits per heavy atom. The van der Waals surface area contributed by atoms with Crippen molar-refractivity contribution in [1.82, 2.24) is 9.55 Å². The molecule has 9 heteroatoms. The standard InChI is InChI=1S/C26H31N3O6/c1-5-7-10-13-28-24(31)21(25(32)35-6-2)22(16-14-19(33-3)23(30)20(15-16)34-4)29-18-12-9-8-11-17(18)27-26(28)29/h8-9,11-12,14-15,21-22,30H,5-7,10,13H2,1-4H3. The third kappa shape index (κ3) is 4.26. The average molecular weight is 482 g/mol. The number of carbonyl (C=O) groups excluding carboxylic acids is 2. The van der Waals surface area contributed by atoms with E-state index in [1.165, 1.54) is 14.2 Å². The maximum atomic E-state index is 13.9. The largest absolute Gasteiger partial charge is 0.502 e. The molecule has 35 heavy (non-hydrogen) atoms. The first-order chi connectivity index (χ1) is 17.0. The lowest BCUT2D eigenvalue weighted by atomic mass is 9.89. The van der Waals surface area contributed by atoms with Gasteiger partial charge in [-0.25, -0.2) is 4.98 Å². The monoisotopic (exact) mass is 481 g/mol. The van der Waals surface area contributed by atoms with Gasteiger partial charge in [-0.1, -0.05) is 31.9 Å². The first-order valence-corrected chi connectivity index (χ1v) is 11.9. The molecule has 1 amide bonds. The summed E-state index contributed by atoms with van der Waals surface area (Å²) in [6, 6.07) is 10.0. The Morgan fingerprint density at radius 3 is 2.40 bits per heavy atom. The van der Waals surface area contributed by atoms with E-state index in [1.54, 1.807) is 24.0 Å². The van der Waals surface area contributed by atoms with Crippen LogP contribution in [0.15, 0.2) is 36.4 Å². The van der Waals surface area contributed by atoms with Crippen molar-refractivity contribution in [2.24, 2.45) is 5.92 Å². The number of aromatic hydroxyl groups is 1. The molecule has 0 spiro atoms. The van der Waals surface area contributed by atoms with Crippen molar-refractivity contribution in [3.8, 4) is 17.2 Å². The van der Waals surface area contributed by atoms with E-state index in [0.29, 0.717) is 23.6 Å². The number of ether oxygens (including phenoxy) is 3. The number of hydrogen-bond donors (Lipinski definition) is 1. The number of amides is 1. The number of unbranched alkanes of at least 4 members (excludes halogenated alkanes) is 2. The first kappa shape index (κ1) is 24.4. The Kier molecular flexibility index (Phi) is 7.14. The second-order valence-corrected chi connectivity index (χ2v) is 8.42. The normalized spacial score (nSPS) is 17.4. The Hall–Kier alpha value is -3.75. The zero-order valence-corrected chi connectivity index (χ0v) is 20.5. The first-order valence-electron chi connectivity index (χ1n) is 11.9. The molecule has 1 aromatic heterocycles. The highest BCUT2D eigenvalue weighted by molar-refractivity contribution is 6.08. The van der Waals surface area contributed by atoms with Crippen molar-refractivity contribution in [2.75, 3.05) is 32.3 Å². The number of aromatic nitrogens is 2. The number of anilines is 1. The Morgan fingerprint density at radius 1 is 1.09 bits per heavy atom. The summed E-state index contributed by atoms with van der Waals surface area (Å²) in [5.41, 5.74) is 2.05. The fourth-order valence-electron chi connectivity index (χ4n) is 4.66. The van der Waals surface area contributed by atoms with Crippen LogP contribution in [0.1, 0.15) is 44.7 Å². The lowest BCUT2D eigenvalue weighted by Gasteiger charge is -2.38. The van der Waals surface area contributed by atoms with Gasteiger partial charge < -0.3 is 23.9 Å². The van der Waals surface area contributed by atoms with Crippen molar-refractivity contribution in [3.05, 3.63) is 42.0 Å². The summed E-state index contributed by atoms with van der Waals surface area (Å²) in [5.74, 6) is -1.47. The number of phenols is 1. The number of fused-ring (bicyclic) bond motifs is 3. The number of nitrogens with zero attached hydrogens (tertiary/aromatic N) is 3. The lowest BCUT2D eigenvalue weighted by Crippen LogP contribution is -2.50. The van der Waals surface area contributed by atoms with Gasteiger partial charge in [0.15, 0.2) is 17.4 Å². The van der Waals surface area contributed by atoms with Crippen molar-refractivity contribution in [3.63, 3.8) is 0 Å². The lowest BCUT2D eigenvalue weighted by molar-refractivity contribution is -0.153. The molecule has 2 aromatic carbocycles. The third-order valence-electron chi connectivity index (χ3n) is 6.31. The van der Waals surface area contributed by atoms with E-state index < -0.39 is 17.9 Å². The van der Waals surface area contributed by atoms with Crippen LogP contribution >= 0.6 is 0 Å². The maximum Gasteiger partial charge on any atom is 0.321 e. The summed E-state index contributed by atoms with van der Waals surface area (Å²) in [7, 11) is 2.86. The Bertz CT molecular complexity index is 1210. The van der Waals surface area contributed by atoms with Crippen molar-refractivity contribution in [2.45, 2.75) is 39.2 Å². The van der Waals surface area contributed by atoms with Gasteiger partial charge in [-0.15, -0.1) is 0 Å². The predicted molar refractivity (Wildman–Crippen MR) is 131 cm³/mol. The van der Waals surface area contributed by atoms with Crippen molar-refractivity contribution in [1.29, 1.82) is 0 Å². The number of methoxy groups -OCH3 is 2. The molecule has 0 saturated heterocycles. The minimum Gasteiger partial charge on any atom is -0.502 e. The number of phenolic OH excluding ortho intramolecular Hbond substituents is 1. The van der Waals surface area contributed by atoms with Crippen LogP contribution in [0, 0.1) is 5.92 Å². The fraction of sp³-hybridized carbons (Fsp3) is 0.423. The molecule has 0 radical (unpaired) electrons. The quantitative estimate of drug-likeness (QED) is 0.279. The smallest absolute Gasteiger partial charge is 0.321 e. The second kappa shape index (κ2) is 10.2. The predicted octanol–water partition coefficient (Wildman–Crippen LogP) is 4.06. The molecule has 2 atom stereocenters. The number of imidazole rings is 1. The van der Waals surface area contributed by atoms with Gasteiger partial charge in [-0.05, 0) is 43.2 Å². The van der Waals surface area contributed by atoms with Gasteiger partial charge in [-0.3, -0.25) is 14.5 Å². The highest BCUT2D eigenvalue weighted by Crippen LogP contribution is 2.46. The molecule has 186 valence electrons. The molecule has 1 aliphatic heterocycles. The third-order valence-corrected chi connectivity index (χ3v) is 6.31. The number of carbonyl (C=O) groups is 2. The fourth-order valence-corrected chi connectivity index (χ4v) is 4.66. The second-order valence-electron chi connectivity index (χ2n) is 8.42. The van der Waals surface area contributed by atoms with E-state index in [1.807, 2.05) is 28.8 Å². The molecule has 0 saturated carbocycles. The number of esters is 1. The highest BCUT2D eigenvalue weighted by atomic mass is 16.5. The van der Waals surface area contributed by atoms with Crippen LogP contribution in [0.5, 0.6) is 17.2 Å². The van der Waals surface area contributed by atoms with Crippen LogP contribution in [0.25, 0.3) is 11.0 Å². The van der Waals surface area contributed by atoms with Crippen LogP contribution in [-0.2, 0) is 14.3 Å². The van der Waals surface area contributed by atoms with E-state index in [0.717, 1.165) is 24.8 Å². The average Bonchev–Trinajstić information content (AvgIpc) is 3.24. The molecule has 0 bridgehead atoms. The number of benzene rings is 2. The number of hydrogen-bond acceptors (Lipinski definition) is 7. The molecular weight excluding hydrogens is 450 g/mol. The zero-order valence-electron chi connectivity index (χ0n) is 20.5. The van der Waals surface area contributed by atoms with Crippen LogP contribution in [0.4, 0.5) is 5.95 Å². The van der Waals surface area contributed by atoms with E-state index in [4.69, 9.17) is 19.2 Å². The van der Waals surface area contributed by atoms with Gasteiger partial charge in [0.1, 0.15) is 0 Å². The van der Waals surface area contributed by atoms with Crippen LogP contribution in [0.2, 0.25) is 0 Å². The minimum absolute atomic E-state index is 0.144. The van der Waals surface area contributed by atoms with Crippen molar-refractivity contribution >= 4 is 28.9 Å². The molecule has 1 N–H and O–H groups in total. The summed E-state index contributed by atoms with van der Waals surface area (Å²) in [6.07, 6.45) is 2.73. The molecule has 2 unspecified atom stereocenters. The minimum atomic E-state index is -1.15. The van der Waals surface area contributed by atoms with E-state index in [9.17, 15) is 14.7 Å². The SMILES string of the molecule is CCCCCN1C(=O)C(C(=O)OCC)C(c2cc(OC)c(O)c(OC)c2)n2c1nc1ccccc12. The van der Waals surface area contributed by atoms with Gasteiger partial charge in [0, 0.05) is 6.54 Å².